The van der Waals surface area contributed by atoms with Crippen molar-refractivity contribution in [3.63, 3.8) is 0 Å². The number of thioether (sulfide) groups is 1. The predicted octanol–water partition coefficient (Wildman–Crippen LogP) is 2.66. The molecule has 22 heavy (non-hydrogen) atoms. The Bertz CT molecular complexity index is 604. The van der Waals surface area contributed by atoms with E-state index in [1.807, 2.05) is 30.3 Å². The van der Waals surface area contributed by atoms with Crippen molar-refractivity contribution in [2.24, 2.45) is 0 Å². The smallest absolute Gasteiger partial charge is 0.250 e. The van der Waals surface area contributed by atoms with Crippen molar-refractivity contribution in [2.45, 2.75) is 30.7 Å². The molecule has 2 aliphatic heterocycles. The Morgan fingerprint density at radius 2 is 2.23 bits per heavy atom. The second kappa shape index (κ2) is 5.80. The van der Waals surface area contributed by atoms with Gasteiger partial charge in [-0.1, -0.05) is 24.3 Å². The van der Waals surface area contributed by atoms with E-state index in [9.17, 15) is 9.59 Å². The van der Waals surface area contributed by atoms with Gasteiger partial charge < -0.3 is 9.80 Å². The number of rotatable bonds is 4. The average molecular weight is 316 g/mol. The van der Waals surface area contributed by atoms with E-state index in [1.165, 1.54) is 0 Å². The molecule has 0 saturated carbocycles. The van der Waals surface area contributed by atoms with Gasteiger partial charge in [-0.25, -0.2) is 0 Å². The van der Waals surface area contributed by atoms with Crippen LogP contribution >= 0.6 is 11.8 Å². The van der Waals surface area contributed by atoms with E-state index in [0.29, 0.717) is 18.7 Å². The van der Waals surface area contributed by atoms with Crippen LogP contribution in [0.15, 0.2) is 43.0 Å². The zero-order chi connectivity index (χ0) is 15.7. The lowest BCUT2D eigenvalue weighted by Crippen LogP contribution is -2.51. The van der Waals surface area contributed by atoms with Gasteiger partial charge in [0.15, 0.2) is 0 Å². The van der Waals surface area contributed by atoms with Crippen molar-refractivity contribution < 1.29 is 9.59 Å². The van der Waals surface area contributed by atoms with Crippen LogP contribution in [0.4, 0.5) is 5.69 Å². The lowest BCUT2D eigenvalue weighted by Gasteiger charge is -2.32. The summed E-state index contributed by atoms with van der Waals surface area (Å²) in [5.41, 5.74) is 0.845. The molecule has 116 valence electrons. The van der Waals surface area contributed by atoms with E-state index in [1.54, 1.807) is 27.6 Å². The van der Waals surface area contributed by atoms with Crippen molar-refractivity contribution in [3.05, 3.63) is 43.0 Å². The van der Waals surface area contributed by atoms with Gasteiger partial charge in [-0.15, -0.1) is 18.3 Å². The summed E-state index contributed by atoms with van der Waals surface area (Å²) in [5.74, 6) is 0.747. The number of hydrogen-bond donors (Lipinski definition) is 0. The molecule has 2 fully saturated rings. The molecular weight excluding hydrogens is 296 g/mol. The van der Waals surface area contributed by atoms with Crippen molar-refractivity contribution in [3.8, 4) is 0 Å². The second-order valence-electron chi connectivity index (χ2n) is 5.84. The Kier molecular flexibility index (Phi) is 4.00. The number of nitrogens with zero attached hydrogens (tertiary/aromatic N) is 2. The molecule has 4 nitrogen and oxygen atoms in total. The fourth-order valence-corrected chi connectivity index (χ4v) is 4.67. The number of carbonyl (C=O) groups excluding carboxylic acids is 2. The molecule has 1 aromatic carbocycles. The predicted molar refractivity (Wildman–Crippen MR) is 89.7 cm³/mol. The van der Waals surface area contributed by atoms with Gasteiger partial charge in [0.1, 0.15) is 6.04 Å². The Labute approximate surface area is 135 Å². The molecule has 2 amide bonds. The van der Waals surface area contributed by atoms with Gasteiger partial charge in [-0.2, -0.15) is 0 Å². The second-order valence-corrected chi connectivity index (χ2v) is 7.34. The minimum absolute atomic E-state index is 0.0161. The van der Waals surface area contributed by atoms with Gasteiger partial charge in [0, 0.05) is 24.4 Å². The molecule has 5 heteroatoms. The van der Waals surface area contributed by atoms with Crippen LogP contribution in [0.1, 0.15) is 19.8 Å². The molecule has 0 radical (unpaired) electrons. The molecular formula is C17H20N2O2S. The standard InChI is InChI=1S/C17H20N2O2S/c1-3-11-18(13-7-5-4-6-8-13)16(21)14-12-22-17(2)10-9-15(20)19(14)17/h3-8,14H,1,9-12H2,2H3. The Balaban J connectivity index is 1.88. The minimum Gasteiger partial charge on any atom is -0.315 e. The van der Waals surface area contributed by atoms with E-state index >= 15 is 0 Å². The van der Waals surface area contributed by atoms with E-state index in [4.69, 9.17) is 0 Å². The van der Waals surface area contributed by atoms with Gasteiger partial charge in [-0.3, -0.25) is 9.59 Å². The fraction of sp³-hybridized carbons (Fsp3) is 0.412. The van der Waals surface area contributed by atoms with E-state index in [0.717, 1.165) is 12.1 Å². The molecule has 0 spiro atoms. The highest BCUT2D eigenvalue weighted by Crippen LogP contribution is 2.47. The normalized spacial score (nSPS) is 26.9. The summed E-state index contributed by atoms with van der Waals surface area (Å²) in [6.45, 7) is 6.26. The van der Waals surface area contributed by atoms with Crippen molar-refractivity contribution >= 4 is 29.3 Å². The van der Waals surface area contributed by atoms with Gasteiger partial charge in [0.25, 0.3) is 5.91 Å². The maximum atomic E-state index is 13.0. The van der Waals surface area contributed by atoms with E-state index < -0.39 is 0 Å². The van der Waals surface area contributed by atoms with Crippen LogP contribution in [-0.4, -0.2) is 39.9 Å². The molecule has 2 aliphatic rings. The van der Waals surface area contributed by atoms with Crippen LogP contribution in [0.25, 0.3) is 0 Å². The highest BCUT2D eigenvalue weighted by atomic mass is 32.2. The third-order valence-corrected chi connectivity index (χ3v) is 5.88. The molecule has 0 N–H and O–H groups in total. The molecule has 2 atom stereocenters. The topological polar surface area (TPSA) is 40.6 Å². The average Bonchev–Trinajstić information content (AvgIpc) is 3.02. The van der Waals surface area contributed by atoms with Crippen LogP contribution in [0, 0.1) is 0 Å². The number of carbonyl (C=O) groups is 2. The van der Waals surface area contributed by atoms with Gasteiger partial charge in [0.05, 0.1) is 4.87 Å². The van der Waals surface area contributed by atoms with Crippen molar-refractivity contribution in [1.29, 1.82) is 0 Å². The summed E-state index contributed by atoms with van der Waals surface area (Å²) >= 11 is 1.72. The molecule has 0 bridgehead atoms. The first-order valence-corrected chi connectivity index (χ1v) is 8.49. The number of amides is 2. The monoisotopic (exact) mass is 316 g/mol. The Morgan fingerprint density at radius 1 is 1.50 bits per heavy atom. The quantitative estimate of drug-likeness (QED) is 0.802. The number of hydrogen-bond acceptors (Lipinski definition) is 3. The van der Waals surface area contributed by atoms with Crippen LogP contribution in [0.5, 0.6) is 0 Å². The van der Waals surface area contributed by atoms with Gasteiger partial charge in [-0.05, 0) is 25.5 Å². The van der Waals surface area contributed by atoms with Gasteiger partial charge in [0.2, 0.25) is 5.91 Å². The highest BCUT2D eigenvalue weighted by Gasteiger charge is 2.53. The Hall–Kier alpha value is -1.75. The lowest BCUT2D eigenvalue weighted by molar-refractivity contribution is -0.136. The minimum atomic E-state index is -0.370. The summed E-state index contributed by atoms with van der Waals surface area (Å²) in [4.78, 5) is 28.6. The van der Waals surface area contributed by atoms with E-state index in [2.05, 4.69) is 13.5 Å². The van der Waals surface area contributed by atoms with Crippen LogP contribution < -0.4 is 4.90 Å². The van der Waals surface area contributed by atoms with Crippen molar-refractivity contribution in [2.75, 3.05) is 17.2 Å². The first kappa shape index (κ1) is 15.2. The summed E-state index contributed by atoms with van der Waals surface area (Å²) < 4.78 is 0. The molecule has 0 aliphatic carbocycles. The van der Waals surface area contributed by atoms with Gasteiger partial charge >= 0.3 is 0 Å². The number of fused-ring (bicyclic) bond motifs is 1. The molecule has 0 aromatic heterocycles. The summed E-state index contributed by atoms with van der Waals surface area (Å²) in [5, 5.41) is 0. The SMILES string of the molecule is C=CCN(C(=O)C1CSC2(C)CCC(=O)N12)c1ccccc1. The lowest BCUT2D eigenvalue weighted by atomic mass is 10.2. The fourth-order valence-electron chi connectivity index (χ4n) is 3.24. The van der Waals surface area contributed by atoms with Crippen LogP contribution in [0.2, 0.25) is 0 Å². The largest absolute Gasteiger partial charge is 0.315 e. The third kappa shape index (κ3) is 2.43. The summed E-state index contributed by atoms with van der Waals surface area (Å²) in [6.07, 6.45) is 3.09. The molecule has 2 saturated heterocycles. The number of anilines is 1. The third-order valence-electron chi connectivity index (χ3n) is 4.38. The zero-order valence-electron chi connectivity index (χ0n) is 12.7. The molecule has 3 rings (SSSR count). The summed E-state index contributed by atoms with van der Waals surface area (Å²) in [7, 11) is 0. The number of benzene rings is 1. The first-order valence-electron chi connectivity index (χ1n) is 7.50. The molecule has 1 aromatic rings. The summed E-state index contributed by atoms with van der Waals surface area (Å²) in [6, 6.07) is 9.20. The van der Waals surface area contributed by atoms with Crippen LogP contribution in [0.3, 0.4) is 0 Å². The zero-order valence-corrected chi connectivity index (χ0v) is 13.5. The van der Waals surface area contributed by atoms with Crippen molar-refractivity contribution in [1.82, 2.24) is 4.90 Å². The maximum Gasteiger partial charge on any atom is 0.250 e. The molecule has 2 unspecified atom stereocenters. The molecule has 2 heterocycles. The van der Waals surface area contributed by atoms with E-state index in [-0.39, 0.29) is 22.7 Å². The Morgan fingerprint density at radius 3 is 2.91 bits per heavy atom. The van der Waals surface area contributed by atoms with Crippen LogP contribution in [-0.2, 0) is 9.59 Å². The maximum absolute atomic E-state index is 13.0. The first-order chi connectivity index (χ1) is 10.6. The highest BCUT2D eigenvalue weighted by molar-refractivity contribution is 8.01. The number of para-hydroxylation sites is 1.